The van der Waals surface area contributed by atoms with Gasteiger partial charge in [0, 0.05) is 24.0 Å². The van der Waals surface area contributed by atoms with Gasteiger partial charge in [-0.2, -0.15) is 5.26 Å². The lowest BCUT2D eigenvalue weighted by Gasteiger charge is -2.09. The smallest absolute Gasteiger partial charge is 0.266 e. The Labute approximate surface area is 80.2 Å². The Balaban J connectivity index is 3.45. The quantitative estimate of drug-likeness (QED) is 0.784. The zero-order valence-corrected chi connectivity index (χ0v) is 7.59. The van der Waals surface area contributed by atoms with E-state index < -0.39 is 6.43 Å². The first-order valence-corrected chi connectivity index (χ1v) is 3.98. The first-order chi connectivity index (χ1) is 6.61. The number of pyridine rings is 1. The van der Waals surface area contributed by atoms with Gasteiger partial charge in [0.25, 0.3) is 6.43 Å². The van der Waals surface area contributed by atoms with Gasteiger partial charge in [0.15, 0.2) is 0 Å². The van der Waals surface area contributed by atoms with E-state index in [9.17, 15) is 8.78 Å². The Morgan fingerprint density at radius 1 is 1.64 bits per heavy atom. The first kappa shape index (κ1) is 10.5. The summed E-state index contributed by atoms with van der Waals surface area (Å²) in [4.78, 5) is 3.77. The molecule has 0 aliphatic heterocycles. The standard InChI is InChI=1S/C9H9F2N3/c1-5-8(9(10)11)7(3-13)6(2-12)4-14-5/h4,9H,2,12H2,1H3. The molecule has 0 spiro atoms. The van der Waals surface area contributed by atoms with Gasteiger partial charge in [0.05, 0.1) is 11.1 Å². The molecule has 2 N–H and O–H groups in total. The highest BCUT2D eigenvalue weighted by molar-refractivity contribution is 5.45. The summed E-state index contributed by atoms with van der Waals surface area (Å²) >= 11 is 0. The second kappa shape index (κ2) is 4.11. The highest BCUT2D eigenvalue weighted by Crippen LogP contribution is 2.26. The molecule has 0 saturated heterocycles. The van der Waals surface area contributed by atoms with Gasteiger partial charge in [-0.05, 0) is 6.92 Å². The molecule has 0 unspecified atom stereocenters. The fourth-order valence-electron chi connectivity index (χ4n) is 1.22. The van der Waals surface area contributed by atoms with Crippen LogP contribution in [0.4, 0.5) is 8.78 Å². The minimum absolute atomic E-state index is 0.0376. The van der Waals surface area contributed by atoms with E-state index in [0.29, 0.717) is 5.56 Å². The average molecular weight is 197 g/mol. The number of nitrogens with two attached hydrogens (primary N) is 1. The maximum Gasteiger partial charge on any atom is 0.266 e. The Hall–Kier alpha value is -1.54. The third-order valence-electron chi connectivity index (χ3n) is 1.94. The molecule has 5 heteroatoms. The summed E-state index contributed by atoms with van der Waals surface area (Å²) in [6.07, 6.45) is -1.33. The molecule has 74 valence electrons. The van der Waals surface area contributed by atoms with Crippen molar-refractivity contribution in [3.05, 3.63) is 28.6 Å². The minimum Gasteiger partial charge on any atom is -0.326 e. The molecule has 0 aliphatic rings. The molecule has 1 rings (SSSR count). The van der Waals surface area contributed by atoms with Crippen molar-refractivity contribution in [2.75, 3.05) is 0 Å². The molecule has 0 fully saturated rings. The maximum absolute atomic E-state index is 12.6. The molecule has 0 radical (unpaired) electrons. The molecular weight excluding hydrogens is 188 g/mol. The van der Waals surface area contributed by atoms with Crippen molar-refractivity contribution in [1.29, 1.82) is 5.26 Å². The molecule has 0 aliphatic carbocycles. The maximum atomic E-state index is 12.6. The second-order valence-corrected chi connectivity index (χ2v) is 2.77. The van der Waals surface area contributed by atoms with E-state index in [0.717, 1.165) is 0 Å². The molecule has 0 saturated carbocycles. The summed E-state index contributed by atoms with van der Waals surface area (Å²) in [5, 5.41) is 8.74. The van der Waals surface area contributed by atoms with Gasteiger partial charge < -0.3 is 5.73 Å². The predicted octanol–water partition coefficient (Wildman–Crippen LogP) is 1.66. The molecule has 0 aromatic carbocycles. The van der Waals surface area contributed by atoms with Crippen molar-refractivity contribution >= 4 is 0 Å². The number of nitriles is 1. The van der Waals surface area contributed by atoms with Crippen LogP contribution in [0.3, 0.4) is 0 Å². The van der Waals surface area contributed by atoms with Crippen LogP contribution in [0.1, 0.15) is 28.8 Å². The highest BCUT2D eigenvalue weighted by atomic mass is 19.3. The number of rotatable bonds is 2. The van der Waals surface area contributed by atoms with Crippen LogP contribution in [0.2, 0.25) is 0 Å². The van der Waals surface area contributed by atoms with E-state index in [4.69, 9.17) is 11.0 Å². The largest absolute Gasteiger partial charge is 0.326 e. The molecule has 1 aromatic rings. The lowest BCUT2D eigenvalue weighted by atomic mass is 10.0. The molecular formula is C9H9F2N3. The Bertz CT molecular complexity index is 382. The average Bonchev–Trinajstić information content (AvgIpc) is 2.16. The number of nitrogens with zero attached hydrogens (tertiary/aromatic N) is 2. The molecule has 1 aromatic heterocycles. The minimum atomic E-state index is -2.69. The van der Waals surface area contributed by atoms with E-state index in [1.807, 2.05) is 0 Å². The monoisotopic (exact) mass is 197 g/mol. The SMILES string of the molecule is Cc1ncc(CN)c(C#N)c1C(F)F. The summed E-state index contributed by atoms with van der Waals surface area (Å²) < 4.78 is 25.1. The lowest BCUT2D eigenvalue weighted by Crippen LogP contribution is -2.06. The summed E-state index contributed by atoms with van der Waals surface area (Å²) in [6, 6.07) is 1.74. The zero-order valence-electron chi connectivity index (χ0n) is 7.59. The zero-order chi connectivity index (χ0) is 10.7. The summed E-state index contributed by atoms with van der Waals surface area (Å²) in [5.74, 6) is 0. The molecule has 0 amide bonds. The normalized spacial score (nSPS) is 10.3. The van der Waals surface area contributed by atoms with Crippen LogP contribution in [-0.2, 0) is 6.54 Å². The van der Waals surface area contributed by atoms with Crippen molar-refractivity contribution in [3.8, 4) is 6.07 Å². The van der Waals surface area contributed by atoms with Crippen LogP contribution in [0.25, 0.3) is 0 Å². The van der Waals surface area contributed by atoms with E-state index in [2.05, 4.69) is 4.98 Å². The summed E-state index contributed by atoms with van der Waals surface area (Å²) in [5.41, 5.74) is 5.48. The summed E-state index contributed by atoms with van der Waals surface area (Å²) in [6.45, 7) is 1.48. The van der Waals surface area contributed by atoms with Gasteiger partial charge in [0.2, 0.25) is 0 Å². The van der Waals surface area contributed by atoms with Crippen LogP contribution >= 0.6 is 0 Å². The van der Waals surface area contributed by atoms with Crippen LogP contribution in [0.5, 0.6) is 0 Å². The molecule has 0 atom stereocenters. The number of halogens is 2. The summed E-state index contributed by atoms with van der Waals surface area (Å²) in [7, 11) is 0. The van der Waals surface area contributed by atoms with Crippen molar-refractivity contribution in [1.82, 2.24) is 4.98 Å². The third kappa shape index (κ3) is 1.70. The number of hydrogen-bond donors (Lipinski definition) is 1. The lowest BCUT2D eigenvalue weighted by molar-refractivity contribution is 0.149. The van der Waals surface area contributed by atoms with Crippen LogP contribution < -0.4 is 5.73 Å². The van der Waals surface area contributed by atoms with Crippen LogP contribution in [-0.4, -0.2) is 4.98 Å². The van der Waals surface area contributed by atoms with E-state index in [-0.39, 0.29) is 23.4 Å². The van der Waals surface area contributed by atoms with Crippen molar-refractivity contribution < 1.29 is 8.78 Å². The van der Waals surface area contributed by atoms with Gasteiger partial charge in [-0.25, -0.2) is 8.78 Å². The number of aryl methyl sites for hydroxylation is 1. The number of alkyl halides is 2. The third-order valence-corrected chi connectivity index (χ3v) is 1.94. The van der Waals surface area contributed by atoms with Crippen molar-refractivity contribution in [3.63, 3.8) is 0 Å². The predicted molar refractivity (Wildman–Crippen MR) is 46.5 cm³/mol. The number of aromatic nitrogens is 1. The van der Waals surface area contributed by atoms with Gasteiger partial charge in [-0.3, -0.25) is 4.98 Å². The van der Waals surface area contributed by atoms with Gasteiger partial charge in [-0.15, -0.1) is 0 Å². The van der Waals surface area contributed by atoms with Crippen LogP contribution in [0, 0.1) is 18.3 Å². The van der Waals surface area contributed by atoms with E-state index >= 15 is 0 Å². The van der Waals surface area contributed by atoms with Crippen molar-refractivity contribution in [2.24, 2.45) is 5.73 Å². The molecule has 14 heavy (non-hydrogen) atoms. The Morgan fingerprint density at radius 3 is 2.71 bits per heavy atom. The van der Waals surface area contributed by atoms with Gasteiger partial charge in [-0.1, -0.05) is 0 Å². The fraction of sp³-hybridized carbons (Fsp3) is 0.333. The topological polar surface area (TPSA) is 62.7 Å². The van der Waals surface area contributed by atoms with Crippen LogP contribution in [0.15, 0.2) is 6.20 Å². The van der Waals surface area contributed by atoms with Gasteiger partial charge in [0.1, 0.15) is 6.07 Å². The highest BCUT2D eigenvalue weighted by Gasteiger charge is 2.19. The molecule has 3 nitrogen and oxygen atoms in total. The van der Waals surface area contributed by atoms with E-state index in [1.165, 1.54) is 13.1 Å². The Morgan fingerprint density at radius 2 is 2.29 bits per heavy atom. The van der Waals surface area contributed by atoms with Crippen molar-refractivity contribution in [2.45, 2.75) is 19.9 Å². The molecule has 0 bridgehead atoms. The van der Waals surface area contributed by atoms with E-state index in [1.54, 1.807) is 6.07 Å². The van der Waals surface area contributed by atoms with Gasteiger partial charge >= 0.3 is 0 Å². The fourth-order valence-corrected chi connectivity index (χ4v) is 1.22. The number of hydrogen-bond acceptors (Lipinski definition) is 3. The Kier molecular flexibility index (Phi) is 3.10. The second-order valence-electron chi connectivity index (χ2n) is 2.77. The molecule has 1 heterocycles. The first-order valence-electron chi connectivity index (χ1n) is 3.98.